The van der Waals surface area contributed by atoms with E-state index in [4.69, 9.17) is 0 Å². The molecule has 24 heavy (non-hydrogen) atoms. The van der Waals surface area contributed by atoms with E-state index < -0.39 is 16.0 Å². The number of likely N-dealkylation sites (tertiary alicyclic amines) is 1. The van der Waals surface area contributed by atoms with Crippen LogP contribution >= 0.6 is 0 Å². The van der Waals surface area contributed by atoms with Crippen LogP contribution in [0.4, 0.5) is 0 Å². The van der Waals surface area contributed by atoms with Crippen LogP contribution in [0, 0.1) is 13.8 Å². The number of piperidine rings is 1. The lowest BCUT2D eigenvalue weighted by Crippen LogP contribution is -2.45. The van der Waals surface area contributed by atoms with Crippen molar-refractivity contribution >= 4 is 16.0 Å². The Kier molecular flexibility index (Phi) is 4.68. The second kappa shape index (κ2) is 6.46. The van der Waals surface area contributed by atoms with E-state index in [1.54, 1.807) is 13.8 Å². The molecule has 0 bridgehead atoms. The van der Waals surface area contributed by atoms with Gasteiger partial charge in [0.15, 0.2) is 0 Å². The number of sulfonamides is 1. The van der Waals surface area contributed by atoms with Crippen LogP contribution in [0.3, 0.4) is 0 Å². The summed E-state index contributed by atoms with van der Waals surface area (Å²) in [5.74, 6) is -1.12. The first-order valence-electron chi connectivity index (χ1n) is 8.39. The maximum absolute atomic E-state index is 12.8. The summed E-state index contributed by atoms with van der Waals surface area (Å²) >= 11 is 0. The molecule has 2 fully saturated rings. The number of hydrogen-bond acceptors (Lipinski definition) is 4. The van der Waals surface area contributed by atoms with Crippen molar-refractivity contribution in [2.24, 2.45) is 0 Å². The molecule has 1 aliphatic carbocycles. The number of hydrogen-bond donors (Lipinski definition) is 2. The van der Waals surface area contributed by atoms with Crippen molar-refractivity contribution < 1.29 is 18.3 Å². The van der Waals surface area contributed by atoms with Crippen LogP contribution < -0.4 is 4.72 Å². The van der Waals surface area contributed by atoms with Crippen LogP contribution in [-0.4, -0.2) is 49.6 Å². The summed E-state index contributed by atoms with van der Waals surface area (Å²) < 4.78 is 28.3. The van der Waals surface area contributed by atoms with Gasteiger partial charge in [0.2, 0.25) is 10.0 Å². The van der Waals surface area contributed by atoms with E-state index in [0.717, 1.165) is 25.9 Å². The lowest BCUT2D eigenvalue weighted by Gasteiger charge is -2.32. The molecular formula is C17H24N2O4S. The fourth-order valence-corrected chi connectivity index (χ4v) is 4.98. The second-order valence-corrected chi connectivity index (χ2v) is 8.57. The van der Waals surface area contributed by atoms with Gasteiger partial charge < -0.3 is 10.0 Å². The zero-order valence-corrected chi connectivity index (χ0v) is 14.9. The molecule has 1 saturated carbocycles. The molecular weight excluding hydrogens is 328 g/mol. The molecule has 1 aliphatic heterocycles. The third-order valence-electron chi connectivity index (χ3n) is 5.07. The van der Waals surface area contributed by atoms with Crippen molar-refractivity contribution in [3.63, 3.8) is 0 Å². The average molecular weight is 352 g/mol. The van der Waals surface area contributed by atoms with Gasteiger partial charge in [0.25, 0.3) is 0 Å². The van der Waals surface area contributed by atoms with Crippen molar-refractivity contribution in [2.45, 2.75) is 56.5 Å². The van der Waals surface area contributed by atoms with Crippen LogP contribution in [0.5, 0.6) is 0 Å². The van der Waals surface area contributed by atoms with Crippen LogP contribution in [0.25, 0.3) is 0 Å². The van der Waals surface area contributed by atoms with Gasteiger partial charge >= 0.3 is 5.97 Å². The number of aromatic carboxylic acids is 1. The van der Waals surface area contributed by atoms with Gasteiger partial charge in [-0.15, -0.1) is 0 Å². The average Bonchev–Trinajstić information content (AvgIpc) is 3.34. The largest absolute Gasteiger partial charge is 0.478 e. The SMILES string of the molecule is Cc1cc(C(=O)O)cc(S(=O)(=O)NC2CCN(C3CC3)CC2)c1C. The van der Waals surface area contributed by atoms with Gasteiger partial charge in [-0.3, -0.25) is 0 Å². The van der Waals surface area contributed by atoms with Crippen molar-refractivity contribution in [3.8, 4) is 0 Å². The maximum Gasteiger partial charge on any atom is 0.335 e. The highest BCUT2D eigenvalue weighted by molar-refractivity contribution is 7.89. The first kappa shape index (κ1) is 17.4. The van der Waals surface area contributed by atoms with Crippen LogP contribution in [0.2, 0.25) is 0 Å². The number of rotatable bonds is 5. The molecule has 0 spiro atoms. The van der Waals surface area contributed by atoms with Crippen LogP contribution in [0.1, 0.15) is 47.2 Å². The first-order chi connectivity index (χ1) is 11.3. The predicted molar refractivity (Wildman–Crippen MR) is 90.8 cm³/mol. The predicted octanol–water partition coefficient (Wildman–Crippen LogP) is 1.91. The number of nitrogens with zero attached hydrogens (tertiary/aromatic N) is 1. The molecule has 2 aliphatic rings. The molecule has 1 saturated heterocycles. The van der Waals surface area contributed by atoms with Crippen molar-refractivity contribution in [3.05, 3.63) is 28.8 Å². The summed E-state index contributed by atoms with van der Waals surface area (Å²) in [5, 5.41) is 9.18. The number of carbonyl (C=O) groups is 1. The number of benzene rings is 1. The van der Waals surface area contributed by atoms with Gasteiger partial charge in [-0.25, -0.2) is 17.9 Å². The Morgan fingerprint density at radius 2 is 1.79 bits per heavy atom. The van der Waals surface area contributed by atoms with E-state index >= 15 is 0 Å². The summed E-state index contributed by atoms with van der Waals surface area (Å²) in [6, 6.07) is 3.38. The third-order valence-corrected chi connectivity index (χ3v) is 6.72. The second-order valence-electron chi connectivity index (χ2n) is 6.88. The molecule has 0 radical (unpaired) electrons. The number of nitrogens with one attached hydrogen (secondary N) is 1. The van der Waals surface area contributed by atoms with Crippen LogP contribution in [0.15, 0.2) is 17.0 Å². The van der Waals surface area contributed by atoms with E-state index in [-0.39, 0.29) is 16.5 Å². The van der Waals surface area contributed by atoms with E-state index in [1.807, 2.05) is 0 Å². The normalized spacial score (nSPS) is 20.2. The smallest absolute Gasteiger partial charge is 0.335 e. The highest BCUT2D eigenvalue weighted by atomic mass is 32.2. The van der Waals surface area contributed by atoms with Crippen molar-refractivity contribution in [1.82, 2.24) is 9.62 Å². The standard InChI is InChI=1S/C17H24N2O4S/c1-11-9-13(17(20)21)10-16(12(11)2)24(22,23)18-14-5-7-19(8-6-14)15-3-4-15/h9-10,14-15,18H,3-8H2,1-2H3,(H,20,21). The van der Waals surface area contributed by atoms with Crippen LogP contribution in [-0.2, 0) is 10.0 Å². The molecule has 7 heteroatoms. The fraction of sp³-hybridized carbons (Fsp3) is 0.588. The highest BCUT2D eigenvalue weighted by Crippen LogP contribution is 2.30. The minimum atomic E-state index is -3.72. The van der Waals surface area contributed by atoms with Crippen molar-refractivity contribution in [2.75, 3.05) is 13.1 Å². The summed E-state index contributed by atoms with van der Waals surface area (Å²) in [4.78, 5) is 13.7. The summed E-state index contributed by atoms with van der Waals surface area (Å²) in [5.41, 5.74) is 1.27. The quantitative estimate of drug-likeness (QED) is 0.845. The summed E-state index contributed by atoms with van der Waals surface area (Å²) in [6.07, 6.45) is 4.12. The minimum absolute atomic E-state index is 0.00188. The Hall–Kier alpha value is -1.44. The topological polar surface area (TPSA) is 86.7 Å². The minimum Gasteiger partial charge on any atom is -0.478 e. The summed E-state index contributed by atoms with van der Waals surface area (Å²) in [7, 11) is -3.72. The summed E-state index contributed by atoms with van der Waals surface area (Å²) in [6.45, 7) is 5.29. The molecule has 0 atom stereocenters. The Labute approximate surface area is 142 Å². The van der Waals surface area contributed by atoms with Gasteiger partial charge in [0, 0.05) is 12.1 Å². The van der Waals surface area contributed by atoms with Gasteiger partial charge in [-0.1, -0.05) is 0 Å². The Balaban J connectivity index is 1.76. The zero-order valence-electron chi connectivity index (χ0n) is 14.1. The molecule has 132 valence electrons. The molecule has 3 rings (SSSR count). The maximum atomic E-state index is 12.8. The Morgan fingerprint density at radius 1 is 1.17 bits per heavy atom. The van der Waals surface area contributed by atoms with Crippen molar-refractivity contribution in [1.29, 1.82) is 0 Å². The number of aryl methyl sites for hydroxylation is 1. The van der Waals surface area contributed by atoms with Gasteiger partial charge in [-0.05, 0) is 75.9 Å². The monoisotopic (exact) mass is 352 g/mol. The number of carboxylic acid groups (broad SMARTS) is 1. The van der Waals surface area contributed by atoms with Gasteiger partial charge in [0.05, 0.1) is 10.5 Å². The Bertz CT molecular complexity index is 748. The molecule has 0 unspecified atom stereocenters. The molecule has 1 aromatic carbocycles. The highest BCUT2D eigenvalue weighted by Gasteiger charge is 2.33. The zero-order chi connectivity index (χ0) is 17.5. The number of carboxylic acids is 1. The molecule has 1 aromatic rings. The van der Waals surface area contributed by atoms with E-state index in [9.17, 15) is 18.3 Å². The molecule has 2 N–H and O–H groups in total. The third kappa shape index (κ3) is 3.63. The first-order valence-corrected chi connectivity index (χ1v) is 9.87. The fourth-order valence-electron chi connectivity index (χ4n) is 3.33. The van der Waals surface area contributed by atoms with E-state index in [0.29, 0.717) is 17.2 Å². The van der Waals surface area contributed by atoms with Gasteiger partial charge in [-0.2, -0.15) is 0 Å². The molecule has 0 amide bonds. The Morgan fingerprint density at radius 3 is 2.33 bits per heavy atom. The molecule has 6 nitrogen and oxygen atoms in total. The van der Waals surface area contributed by atoms with E-state index in [2.05, 4.69) is 9.62 Å². The molecule has 1 heterocycles. The van der Waals surface area contributed by atoms with E-state index in [1.165, 1.54) is 25.0 Å². The lowest BCUT2D eigenvalue weighted by molar-refractivity contribution is 0.0696. The lowest BCUT2D eigenvalue weighted by atomic mass is 10.1. The molecule has 0 aromatic heterocycles. The van der Waals surface area contributed by atoms with Gasteiger partial charge in [0.1, 0.15) is 0 Å².